The van der Waals surface area contributed by atoms with Gasteiger partial charge in [0.25, 0.3) is 0 Å². The van der Waals surface area contributed by atoms with Crippen LogP contribution in [0.1, 0.15) is 15.9 Å². The molecule has 0 aliphatic carbocycles. The molecule has 0 heterocycles. The fraction of sp³-hybridized carbons (Fsp3) is 0.167. The zero-order valence-corrected chi connectivity index (χ0v) is 13.9. The normalized spacial score (nSPS) is 11.2. The Kier molecular flexibility index (Phi) is 5.50. The summed E-state index contributed by atoms with van der Waals surface area (Å²) in [6, 6.07) is 11.6. The second-order valence-electron chi connectivity index (χ2n) is 5.19. The van der Waals surface area contributed by atoms with E-state index in [1.165, 1.54) is 30.3 Å². The summed E-state index contributed by atoms with van der Waals surface area (Å²) in [5, 5.41) is 0. The van der Waals surface area contributed by atoms with E-state index in [0.717, 1.165) is 15.9 Å². The Morgan fingerprint density at radius 2 is 1.79 bits per heavy atom. The molecule has 24 heavy (non-hydrogen) atoms. The molecule has 0 amide bonds. The number of sulfonamides is 1. The minimum atomic E-state index is -3.95. The van der Waals surface area contributed by atoms with Gasteiger partial charge in [-0.15, -0.1) is 6.42 Å². The quantitative estimate of drug-likeness (QED) is 0.597. The number of carbonyl (C=O) groups excluding carboxylic acids is 1. The molecular weight excluding hydrogens is 329 g/mol. The maximum atomic E-state index is 13.7. The van der Waals surface area contributed by atoms with Gasteiger partial charge in [-0.1, -0.05) is 35.7 Å². The van der Waals surface area contributed by atoms with Gasteiger partial charge in [-0.25, -0.2) is 12.8 Å². The Hall–Kier alpha value is -2.49. The van der Waals surface area contributed by atoms with Gasteiger partial charge in [-0.05, 0) is 31.2 Å². The summed E-state index contributed by atoms with van der Waals surface area (Å²) in [6.45, 7) is 1.02. The van der Waals surface area contributed by atoms with E-state index in [1.807, 2.05) is 6.92 Å². The second-order valence-corrected chi connectivity index (χ2v) is 7.13. The van der Waals surface area contributed by atoms with Gasteiger partial charge in [-0.2, -0.15) is 4.31 Å². The van der Waals surface area contributed by atoms with E-state index in [4.69, 9.17) is 6.42 Å². The summed E-state index contributed by atoms with van der Waals surface area (Å²) in [6.07, 6.45) is 5.23. The first-order valence-corrected chi connectivity index (χ1v) is 8.58. The first kappa shape index (κ1) is 17.9. The van der Waals surface area contributed by atoms with Crippen LogP contribution in [0.2, 0.25) is 0 Å². The Labute approximate surface area is 141 Å². The third-order valence-electron chi connectivity index (χ3n) is 3.42. The fourth-order valence-corrected chi connectivity index (χ4v) is 3.43. The summed E-state index contributed by atoms with van der Waals surface area (Å²) in [4.78, 5) is 12.3. The maximum absolute atomic E-state index is 13.7. The first-order valence-electron chi connectivity index (χ1n) is 7.14. The number of rotatable bonds is 6. The Balaban J connectivity index is 2.32. The first-order chi connectivity index (χ1) is 11.4. The number of hydrogen-bond donors (Lipinski definition) is 0. The molecule has 124 valence electrons. The molecule has 0 saturated heterocycles. The number of hydrogen-bond acceptors (Lipinski definition) is 3. The van der Waals surface area contributed by atoms with Crippen molar-refractivity contribution in [2.45, 2.75) is 11.8 Å². The number of ketones is 1. The third-order valence-corrected chi connectivity index (χ3v) is 5.23. The highest BCUT2D eigenvalue weighted by Crippen LogP contribution is 2.17. The van der Waals surface area contributed by atoms with Crippen LogP contribution in [0, 0.1) is 25.1 Å². The van der Waals surface area contributed by atoms with Gasteiger partial charge in [0.1, 0.15) is 5.82 Å². The highest BCUT2D eigenvalue weighted by Gasteiger charge is 2.27. The summed E-state index contributed by atoms with van der Waals surface area (Å²) < 4.78 is 39.9. The number of halogens is 1. The van der Waals surface area contributed by atoms with E-state index in [-0.39, 0.29) is 17.0 Å². The molecule has 4 nitrogen and oxygen atoms in total. The smallest absolute Gasteiger partial charge is 0.244 e. The number of nitrogens with zero attached hydrogens (tertiary/aromatic N) is 1. The van der Waals surface area contributed by atoms with Crippen molar-refractivity contribution in [1.29, 1.82) is 0 Å². The van der Waals surface area contributed by atoms with Crippen LogP contribution in [-0.4, -0.2) is 31.6 Å². The lowest BCUT2D eigenvalue weighted by Crippen LogP contribution is -2.36. The van der Waals surface area contributed by atoms with Crippen LogP contribution in [0.5, 0.6) is 0 Å². The summed E-state index contributed by atoms with van der Waals surface area (Å²) >= 11 is 0. The van der Waals surface area contributed by atoms with Gasteiger partial charge in [0.15, 0.2) is 5.78 Å². The molecule has 0 radical (unpaired) electrons. The molecular formula is C18H16FNO3S. The van der Waals surface area contributed by atoms with Crippen LogP contribution >= 0.6 is 0 Å². The highest BCUT2D eigenvalue weighted by molar-refractivity contribution is 7.89. The lowest BCUT2D eigenvalue weighted by Gasteiger charge is -2.19. The molecule has 0 fully saturated rings. The second kappa shape index (κ2) is 7.39. The van der Waals surface area contributed by atoms with Gasteiger partial charge >= 0.3 is 0 Å². The van der Waals surface area contributed by atoms with Crippen molar-refractivity contribution in [2.75, 3.05) is 13.1 Å². The topological polar surface area (TPSA) is 54.5 Å². The minimum absolute atomic E-state index is 0.0321. The summed E-state index contributed by atoms with van der Waals surface area (Å²) in [7, 11) is -3.95. The zero-order chi connectivity index (χ0) is 17.7. The van der Waals surface area contributed by atoms with E-state index < -0.39 is 28.2 Å². The molecule has 0 spiro atoms. The summed E-state index contributed by atoms with van der Waals surface area (Å²) in [5.41, 5.74) is 0.735. The van der Waals surface area contributed by atoms with Crippen LogP contribution in [0.3, 0.4) is 0 Å². The van der Waals surface area contributed by atoms with Crippen molar-refractivity contribution in [3.8, 4) is 12.3 Å². The van der Waals surface area contributed by atoms with Gasteiger partial charge in [0.05, 0.1) is 23.5 Å². The van der Waals surface area contributed by atoms with Crippen LogP contribution in [0.4, 0.5) is 4.39 Å². The third kappa shape index (κ3) is 3.88. The monoisotopic (exact) mass is 345 g/mol. The Morgan fingerprint density at radius 3 is 2.38 bits per heavy atom. The molecule has 0 saturated carbocycles. The van der Waals surface area contributed by atoms with Crippen molar-refractivity contribution in [1.82, 2.24) is 4.31 Å². The number of Topliss-reactive ketones (excluding diaryl/α,β-unsaturated/α-hetero) is 1. The molecule has 0 aromatic heterocycles. The lowest BCUT2D eigenvalue weighted by atomic mass is 10.1. The van der Waals surface area contributed by atoms with Crippen molar-refractivity contribution in [3.63, 3.8) is 0 Å². The Bertz CT molecular complexity index is 883. The van der Waals surface area contributed by atoms with E-state index in [2.05, 4.69) is 5.92 Å². The summed E-state index contributed by atoms with van der Waals surface area (Å²) in [5.74, 6) is 0.875. The van der Waals surface area contributed by atoms with Gasteiger partial charge in [0.2, 0.25) is 10.0 Å². The molecule has 2 aromatic rings. The number of benzene rings is 2. The number of aryl methyl sites for hydroxylation is 1. The van der Waals surface area contributed by atoms with E-state index in [9.17, 15) is 17.6 Å². The van der Waals surface area contributed by atoms with E-state index in [0.29, 0.717) is 0 Å². The number of terminal acetylenes is 1. The van der Waals surface area contributed by atoms with Crippen LogP contribution < -0.4 is 0 Å². The van der Waals surface area contributed by atoms with E-state index in [1.54, 1.807) is 12.1 Å². The predicted molar refractivity (Wildman–Crippen MR) is 89.5 cm³/mol. The van der Waals surface area contributed by atoms with Gasteiger partial charge < -0.3 is 0 Å². The number of carbonyl (C=O) groups is 1. The van der Waals surface area contributed by atoms with E-state index >= 15 is 0 Å². The average molecular weight is 345 g/mol. The molecule has 0 aliphatic rings. The average Bonchev–Trinajstić information content (AvgIpc) is 2.55. The van der Waals surface area contributed by atoms with Gasteiger partial charge in [-0.3, -0.25) is 4.79 Å². The molecule has 2 rings (SSSR count). The molecule has 0 unspecified atom stereocenters. The van der Waals surface area contributed by atoms with Crippen molar-refractivity contribution in [2.24, 2.45) is 0 Å². The van der Waals surface area contributed by atoms with Crippen LogP contribution in [-0.2, 0) is 10.0 Å². The fourth-order valence-electron chi connectivity index (χ4n) is 2.12. The van der Waals surface area contributed by atoms with Crippen molar-refractivity contribution < 1.29 is 17.6 Å². The van der Waals surface area contributed by atoms with Crippen molar-refractivity contribution in [3.05, 3.63) is 65.5 Å². The Morgan fingerprint density at radius 1 is 1.17 bits per heavy atom. The molecule has 0 atom stereocenters. The highest BCUT2D eigenvalue weighted by atomic mass is 32.2. The maximum Gasteiger partial charge on any atom is 0.244 e. The molecule has 6 heteroatoms. The van der Waals surface area contributed by atoms with Crippen molar-refractivity contribution >= 4 is 15.8 Å². The predicted octanol–water partition coefficient (Wildman–Crippen LogP) is 2.64. The van der Waals surface area contributed by atoms with Crippen LogP contribution in [0.25, 0.3) is 0 Å². The van der Waals surface area contributed by atoms with Crippen LogP contribution in [0.15, 0.2) is 53.4 Å². The zero-order valence-electron chi connectivity index (χ0n) is 13.1. The standard InChI is InChI=1S/C18H16FNO3S/c1-3-12-20(13-18(21)16-6-4-5-7-17(16)19)24(22,23)15-10-8-14(2)9-11-15/h1,4-11H,12-13H2,2H3. The molecule has 0 N–H and O–H groups in total. The molecule has 2 aromatic carbocycles. The largest absolute Gasteiger partial charge is 0.293 e. The SMILES string of the molecule is C#CCN(CC(=O)c1ccccc1F)S(=O)(=O)c1ccc(C)cc1. The van der Waals surface area contributed by atoms with Gasteiger partial charge in [0, 0.05) is 0 Å². The molecule has 0 bridgehead atoms. The minimum Gasteiger partial charge on any atom is -0.293 e. The molecule has 0 aliphatic heterocycles. The lowest BCUT2D eigenvalue weighted by molar-refractivity contribution is 0.0966.